The van der Waals surface area contributed by atoms with Crippen molar-refractivity contribution in [3.8, 4) is 0 Å². The standard InChI is InChI=1S/C12H16ClF3N2S/c1-19-6-4-2-3-5-17-11-8-9(12(14,15)16)7-10(13)18-11/h7-8H,2-6H2,1H3,(H,17,18). The maximum Gasteiger partial charge on any atom is 0.416 e. The van der Waals surface area contributed by atoms with Crippen LogP contribution in [0.25, 0.3) is 0 Å². The maximum absolute atomic E-state index is 12.6. The summed E-state index contributed by atoms with van der Waals surface area (Å²) in [5.74, 6) is 1.28. The first-order chi connectivity index (χ1) is 8.93. The molecule has 0 spiro atoms. The monoisotopic (exact) mass is 312 g/mol. The Morgan fingerprint density at radius 3 is 2.63 bits per heavy atom. The van der Waals surface area contributed by atoms with Crippen LogP contribution >= 0.6 is 23.4 Å². The molecule has 19 heavy (non-hydrogen) atoms. The lowest BCUT2D eigenvalue weighted by molar-refractivity contribution is -0.137. The summed E-state index contributed by atoms with van der Waals surface area (Å²) in [6.45, 7) is 0.596. The highest BCUT2D eigenvalue weighted by molar-refractivity contribution is 7.98. The first kappa shape index (κ1) is 16.4. The fraction of sp³-hybridized carbons (Fsp3) is 0.583. The fourth-order valence-electron chi connectivity index (χ4n) is 1.52. The van der Waals surface area contributed by atoms with Crippen LogP contribution in [0, 0.1) is 0 Å². The van der Waals surface area contributed by atoms with E-state index in [0.29, 0.717) is 6.54 Å². The van der Waals surface area contributed by atoms with Gasteiger partial charge in [0.2, 0.25) is 0 Å². The van der Waals surface area contributed by atoms with Crippen molar-refractivity contribution in [3.05, 3.63) is 22.8 Å². The Morgan fingerprint density at radius 1 is 1.26 bits per heavy atom. The van der Waals surface area contributed by atoms with Crippen molar-refractivity contribution in [1.29, 1.82) is 0 Å². The molecule has 7 heteroatoms. The molecule has 0 aliphatic carbocycles. The second-order valence-corrected chi connectivity index (χ2v) is 5.41. The van der Waals surface area contributed by atoms with Gasteiger partial charge in [0, 0.05) is 6.54 Å². The largest absolute Gasteiger partial charge is 0.416 e. The van der Waals surface area contributed by atoms with Crippen molar-refractivity contribution in [1.82, 2.24) is 4.98 Å². The summed E-state index contributed by atoms with van der Waals surface area (Å²) >= 11 is 7.37. The van der Waals surface area contributed by atoms with Crippen LogP contribution in [-0.2, 0) is 6.18 Å². The molecule has 0 aliphatic heterocycles. The molecule has 2 nitrogen and oxygen atoms in total. The first-order valence-corrected chi connectivity index (χ1v) is 7.68. The van der Waals surface area contributed by atoms with Crippen LogP contribution in [-0.4, -0.2) is 23.5 Å². The van der Waals surface area contributed by atoms with E-state index >= 15 is 0 Å². The van der Waals surface area contributed by atoms with Gasteiger partial charge in [-0.1, -0.05) is 18.0 Å². The number of nitrogens with one attached hydrogen (secondary N) is 1. The predicted octanol–water partition coefficient (Wildman–Crippen LogP) is 4.70. The summed E-state index contributed by atoms with van der Waals surface area (Å²) in [6, 6.07) is 1.80. The van der Waals surface area contributed by atoms with Crippen LogP contribution in [0.2, 0.25) is 5.15 Å². The Balaban J connectivity index is 2.48. The van der Waals surface area contributed by atoms with Crippen LogP contribution in [0.5, 0.6) is 0 Å². The quantitative estimate of drug-likeness (QED) is 0.583. The molecule has 1 heterocycles. The van der Waals surface area contributed by atoms with Gasteiger partial charge in [-0.05, 0) is 37.0 Å². The number of thioether (sulfide) groups is 1. The molecule has 0 bridgehead atoms. The summed E-state index contributed by atoms with van der Waals surface area (Å²) in [7, 11) is 0. The minimum Gasteiger partial charge on any atom is -0.370 e. The topological polar surface area (TPSA) is 24.9 Å². The van der Waals surface area contributed by atoms with Crippen LogP contribution in [0.4, 0.5) is 19.0 Å². The Bertz CT molecular complexity index is 399. The van der Waals surface area contributed by atoms with Gasteiger partial charge in [-0.3, -0.25) is 0 Å². The highest BCUT2D eigenvalue weighted by Crippen LogP contribution is 2.31. The lowest BCUT2D eigenvalue weighted by Crippen LogP contribution is -2.09. The second-order valence-electron chi connectivity index (χ2n) is 4.04. The normalized spacial score (nSPS) is 11.6. The molecule has 0 saturated carbocycles. The van der Waals surface area contributed by atoms with Gasteiger partial charge in [-0.15, -0.1) is 0 Å². The minimum atomic E-state index is -4.40. The number of unbranched alkanes of at least 4 members (excludes halogenated alkanes) is 2. The van der Waals surface area contributed by atoms with E-state index in [4.69, 9.17) is 11.6 Å². The number of pyridine rings is 1. The average Bonchev–Trinajstić information content (AvgIpc) is 2.32. The summed E-state index contributed by atoms with van der Waals surface area (Å²) in [4.78, 5) is 3.83. The number of hydrogen-bond donors (Lipinski definition) is 1. The van der Waals surface area contributed by atoms with Crippen molar-refractivity contribution in [3.63, 3.8) is 0 Å². The number of rotatable bonds is 7. The van der Waals surface area contributed by atoms with E-state index in [9.17, 15) is 13.2 Å². The lowest BCUT2D eigenvalue weighted by Gasteiger charge is -2.10. The third-order valence-electron chi connectivity index (χ3n) is 2.45. The molecule has 1 aromatic rings. The number of hydrogen-bond acceptors (Lipinski definition) is 3. The zero-order chi connectivity index (χ0) is 14.3. The van der Waals surface area contributed by atoms with Gasteiger partial charge in [0.25, 0.3) is 0 Å². The highest BCUT2D eigenvalue weighted by Gasteiger charge is 2.31. The van der Waals surface area contributed by atoms with Crippen molar-refractivity contribution in [2.75, 3.05) is 23.9 Å². The van der Waals surface area contributed by atoms with Crippen molar-refractivity contribution >= 4 is 29.2 Å². The van der Waals surface area contributed by atoms with E-state index in [-0.39, 0.29) is 11.0 Å². The number of halogens is 4. The molecule has 0 aromatic carbocycles. The van der Waals surface area contributed by atoms with Gasteiger partial charge in [0.15, 0.2) is 0 Å². The summed E-state index contributed by atoms with van der Waals surface area (Å²) < 4.78 is 37.7. The molecule has 1 aromatic heterocycles. The minimum absolute atomic E-state index is 0.153. The van der Waals surface area contributed by atoms with Crippen molar-refractivity contribution in [2.45, 2.75) is 25.4 Å². The average molecular weight is 313 g/mol. The molecule has 0 aliphatic rings. The molecule has 0 saturated heterocycles. The molecular formula is C12H16ClF3N2S. The number of nitrogens with zero attached hydrogens (tertiary/aromatic N) is 1. The summed E-state index contributed by atoms with van der Waals surface area (Å²) in [6.07, 6.45) is 0.699. The van der Waals surface area contributed by atoms with Gasteiger partial charge >= 0.3 is 6.18 Å². The Labute approximate surface area is 120 Å². The van der Waals surface area contributed by atoms with Gasteiger partial charge in [-0.2, -0.15) is 24.9 Å². The third-order valence-corrected chi connectivity index (χ3v) is 3.34. The van der Waals surface area contributed by atoms with E-state index in [2.05, 4.69) is 10.3 Å². The Morgan fingerprint density at radius 2 is 2.00 bits per heavy atom. The SMILES string of the molecule is CSCCCCCNc1cc(C(F)(F)F)cc(Cl)n1. The van der Waals surface area contributed by atoms with Gasteiger partial charge in [0.1, 0.15) is 11.0 Å². The van der Waals surface area contributed by atoms with Crippen LogP contribution < -0.4 is 5.32 Å². The van der Waals surface area contributed by atoms with Gasteiger partial charge in [0.05, 0.1) is 5.56 Å². The maximum atomic E-state index is 12.6. The van der Waals surface area contributed by atoms with Crippen molar-refractivity contribution < 1.29 is 13.2 Å². The second kappa shape index (κ2) is 7.85. The zero-order valence-corrected chi connectivity index (χ0v) is 12.1. The molecule has 0 fully saturated rings. The molecule has 0 radical (unpaired) electrons. The molecule has 108 valence electrons. The van der Waals surface area contributed by atoms with E-state index < -0.39 is 11.7 Å². The zero-order valence-electron chi connectivity index (χ0n) is 10.6. The highest BCUT2D eigenvalue weighted by atomic mass is 35.5. The van der Waals surface area contributed by atoms with E-state index in [1.807, 2.05) is 6.26 Å². The van der Waals surface area contributed by atoms with E-state index in [1.54, 1.807) is 11.8 Å². The van der Waals surface area contributed by atoms with Gasteiger partial charge in [-0.25, -0.2) is 4.98 Å². The fourth-order valence-corrected chi connectivity index (χ4v) is 2.22. The molecule has 0 atom stereocenters. The lowest BCUT2D eigenvalue weighted by atomic mass is 10.2. The molecule has 0 amide bonds. The first-order valence-electron chi connectivity index (χ1n) is 5.91. The Kier molecular flexibility index (Phi) is 6.79. The smallest absolute Gasteiger partial charge is 0.370 e. The summed E-state index contributed by atoms with van der Waals surface area (Å²) in [5.41, 5.74) is -0.780. The summed E-state index contributed by atoms with van der Waals surface area (Å²) in [5, 5.41) is 2.72. The van der Waals surface area contributed by atoms with Crippen molar-refractivity contribution in [2.24, 2.45) is 0 Å². The molecule has 1 N–H and O–H groups in total. The van der Waals surface area contributed by atoms with Crippen LogP contribution in [0.3, 0.4) is 0 Å². The van der Waals surface area contributed by atoms with Crippen LogP contribution in [0.1, 0.15) is 24.8 Å². The molecule has 1 rings (SSSR count). The third kappa shape index (κ3) is 6.38. The van der Waals surface area contributed by atoms with Gasteiger partial charge < -0.3 is 5.32 Å². The predicted molar refractivity (Wildman–Crippen MR) is 75.0 cm³/mol. The van der Waals surface area contributed by atoms with E-state index in [1.165, 1.54) is 0 Å². The number of anilines is 1. The van der Waals surface area contributed by atoms with Crippen LogP contribution in [0.15, 0.2) is 12.1 Å². The number of alkyl halides is 3. The molecular weight excluding hydrogens is 297 g/mol. The number of aromatic nitrogens is 1. The Hall–Kier alpha value is -0.620. The van der Waals surface area contributed by atoms with E-state index in [0.717, 1.165) is 37.1 Å². The molecule has 0 unspecified atom stereocenters.